The molecule has 6 fully saturated rings. The molecule has 45 heavy (non-hydrogen) atoms. The fourth-order valence-electron chi connectivity index (χ4n) is 13.8. The Labute approximate surface area is 270 Å². The molecule has 8 aliphatic carbocycles. The zero-order valence-corrected chi connectivity index (χ0v) is 28.9. The summed E-state index contributed by atoms with van der Waals surface area (Å²) < 4.78 is 26.6. The molecule has 1 N–H and O–H groups in total. The number of hydrogen-bond donors (Lipinski definition) is 1. The Balaban J connectivity index is 1.01. The van der Waals surface area contributed by atoms with Crippen LogP contribution in [0.25, 0.3) is 0 Å². The highest BCUT2D eigenvalue weighted by Gasteiger charge is 2.62. The first-order chi connectivity index (χ1) is 21.3. The Kier molecular flexibility index (Phi) is 7.26. The summed E-state index contributed by atoms with van der Waals surface area (Å²) in [7, 11) is -4.44. The smallest absolute Gasteiger partial charge is 0.302 e. The molecule has 0 bridgehead atoms. The molecule has 0 radical (unpaired) electrons. The minimum Gasteiger partial charge on any atom is -0.302 e. The molecule has 2 unspecified atom stereocenters. The number of allylic oxidation sites excluding steroid dienone is 1. The standard InChI is InChI=1S/C38H55O6P/c1-35-16-5-6-29(35)27-10-8-24-21-26(40)22-34(38(24,4)32(27)14-17-35)44-45(41,42)43-33-12-11-30-28-9-7-23-20-25(39)13-18-36(23,2)31(28)15-19-37(30,33)3/h20-21,27-34H,5-19,22H2,1-4H3,(H,41,42)/t27-,28-,29-,30-,31-,32+,33-,34?,35-,36-,37-,38-/m0/s1. The molecule has 0 amide bonds. The first kappa shape index (κ1) is 31.2. The van der Waals surface area contributed by atoms with Crippen LogP contribution in [0.1, 0.15) is 130 Å². The van der Waals surface area contributed by atoms with Gasteiger partial charge in [0.15, 0.2) is 11.6 Å². The second-order valence-electron chi connectivity index (χ2n) is 17.9. The Bertz CT molecular complexity index is 1400. The lowest BCUT2D eigenvalue weighted by atomic mass is 9.47. The maximum Gasteiger partial charge on any atom is 0.472 e. The van der Waals surface area contributed by atoms with Crippen LogP contribution in [-0.2, 0) is 23.2 Å². The normalized spacial score (nSPS) is 51.8. The number of ketones is 2. The number of phosphoric ester groups is 1. The van der Waals surface area contributed by atoms with Crippen LogP contribution in [0.5, 0.6) is 0 Å². The van der Waals surface area contributed by atoms with Gasteiger partial charge in [-0.25, -0.2) is 4.57 Å². The molecule has 8 aliphatic rings. The first-order valence-corrected chi connectivity index (χ1v) is 19.9. The molecular formula is C38H55O6P. The van der Waals surface area contributed by atoms with Crippen molar-refractivity contribution in [2.45, 2.75) is 143 Å². The molecule has 248 valence electrons. The molecule has 0 spiro atoms. The quantitative estimate of drug-likeness (QED) is 0.309. The molecular weight excluding hydrogens is 583 g/mol. The summed E-state index contributed by atoms with van der Waals surface area (Å²) in [6, 6.07) is 0. The highest BCUT2D eigenvalue weighted by atomic mass is 31.2. The van der Waals surface area contributed by atoms with Gasteiger partial charge in [0.1, 0.15) is 0 Å². The zero-order valence-electron chi connectivity index (χ0n) is 28.0. The van der Waals surface area contributed by atoms with Crippen LogP contribution in [0.2, 0.25) is 0 Å². The lowest BCUT2D eigenvalue weighted by Crippen LogP contribution is -2.55. The van der Waals surface area contributed by atoms with Crippen molar-refractivity contribution in [3.8, 4) is 0 Å². The number of fused-ring (bicyclic) bond motifs is 10. The van der Waals surface area contributed by atoms with Crippen molar-refractivity contribution >= 4 is 19.4 Å². The van der Waals surface area contributed by atoms with Crippen LogP contribution in [0.15, 0.2) is 23.3 Å². The number of carbonyl (C=O) groups excluding carboxylic acids is 2. The average Bonchev–Trinajstić information content (AvgIpc) is 3.53. The SMILES string of the molecule is C[C@@]12CCC[C@H]1[C@@H]1CCC3=CC(=O)CC(OP(=O)(O)O[C@H]4CC[C@H]5[C@@H]6CCC7=CC(=O)CC[C@]7(C)[C@H]6CC[C@]45C)[C@]3(C)[C@@H]1CC2. The minimum atomic E-state index is -4.44. The molecule has 0 saturated heterocycles. The van der Waals surface area contributed by atoms with E-state index in [4.69, 9.17) is 9.05 Å². The largest absolute Gasteiger partial charge is 0.472 e. The molecule has 0 heterocycles. The van der Waals surface area contributed by atoms with Crippen LogP contribution in [0.3, 0.4) is 0 Å². The van der Waals surface area contributed by atoms with Crippen LogP contribution < -0.4 is 0 Å². The van der Waals surface area contributed by atoms with E-state index in [1.807, 2.05) is 12.2 Å². The van der Waals surface area contributed by atoms with E-state index in [2.05, 4.69) is 27.7 Å². The highest BCUT2D eigenvalue weighted by Crippen LogP contribution is 2.69. The van der Waals surface area contributed by atoms with Gasteiger partial charge in [0.2, 0.25) is 0 Å². The Morgan fingerprint density at radius 3 is 2.18 bits per heavy atom. The predicted molar refractivity (Wildman–Crippen MR) is 173 cm³/mol. The maximum atomic E-state index is 14.1. The molecule has 8 rings (SSSR count). The monoisotopic (exact) mass is 638 g/mol. The van der Waals surface area contributed by atoms with Gasteiger partial charge in [-0.1, -0.05) is 45.3 Å². The second-order valence-corrected chi connectivity index (χ2v) is 19.2. The van der Waals surface area contributed by atoms with Crippen LogP contribution in [0.4, 0.5) is 0 Å². The van der Waals surface area contributed by atoms with Crippen LogP contribution in [-0.4, -0.2) is 28.7 Å². The third-order valence-electron chi connectivity index (χ3n) is 16.2. The number of phosphoric acid groups is 1. The lowest BCUT2D eigenvalue weighted by Gasteiger charge is -2.59. The van der Waals surface area contributed by atoms with Crippen molar-refractivity contribution in [1.82, 2.24) is 0 Å². The average molecular weight is 639 g/mol. The number of rotatable bonds is 4. The Hall–Kier alpha value is -1.07. The molecule has 13 atom stereocenters. The van der Waals surface area contributed by atoms with Crippen molar-refractivity contribution in [2.75, 3.05) is 0 Å². The van der Waals surface area contributed by atoms with Gasteiger partial charge in [-0.2, -0.15) is 0 Å². The van der Waals surface area contributed by atoms with Crippen molar-refractivity contribution in [3.05, 3.63) is 23.3 Å². The van der Waals surface area contributed by atoms with Gasteiger partial charge in [-0.05, 0) is 147 Å². The Morgan fingerprint density at radius 1 is 0.689 bits per heavy atom. The molecule has 6 saturated carbocycles. The van der Waals surface area contributed by atoms with Crippen molar-refractivity contribution < 1.29 is 28.1 Å². The van der Waals surface area contributed by atoms with Crippen molar-refractivity contribution in [2.24, 2.45) is 57.2 Å². The second kappa shape index (κ2) is 10.5. The fourth-order valence-corrected chi connectivity index (χ4v) is 15.1. The van der Waals surface area contributed by atoms with Crippen LogP contribution >= 0.6 is 7.82 Å². The van der Waals surface area contributed by atoms with Crippen molar-refractivity contribution in [1.29, 1.82) is 0 Å². The zero-order chi connectivity index (χ0) is 31.6. The summed E-state index contributed by atoms with van der Waals surface area (Å²) in [5, 5.41) is 0. The highest BCUT2D eigenvalue weighted by molar-refractivity contribution is 7.47. The van der Waals surface area contributed by atoms with Crippen molar-refractivity contribution in [3.63, 3.8) is 0 Å². The van der Waals surface area contributed by atoms with E-state index in [9.17, 15) is 19.0 Å². The first-order valence-electron chi connectivity index (χ1n) is 18.4. The van der Waals surface area contributed by atoms with Gasteiger partial charge in [0.25, 0.3) is 0 Å². The summed E-state index contributed by atoms with van der Waals surface area (Å²) in [6.45, 7) is 9.42. The van der Waals surface area contributed by atoms with Gasteiger partial charge in [-0.3, -0.25) is 18.6 Å². The van der Waals surface area contributed by atoms with Crippen LogP contribution in [0, 0.1) is 57.2 Å². The van der Waals surface area contributed by atoms with E-state index in [-0.39, 0.29) is 34.9 Å². The summed E-state index contributed by atoms with van der Waals surface area (Å²) in [6.07, 6.45) is 18.8. The van der Waals surface area contributed by atoms with Gasteiger partial charge >= 0.3 is 7.82 Å². The summed E-state index contributed by atoms with van der Waals surface area (Å²) in [4.78, 5) is 36.8. The van der Waals surface area contributed by atoms with E-state index in [1.165, 1.54) is 31.3 Å². The van der Waals surface area contributed by atoms with E-state index < -0.39 is 19.3 Å². The summed E-state index contributed by atoms with van der Waals surface area (Å²) in [5.74, 6) is 3.54. The van der Waals surface area contributed by atoms with E-state index in [0.29, 0.717) is 47.3 Å². The van der Waals surface area contributed by atoms with Gasteiger partial charge in [0, 0.05) is 18.3 Å². The van der Waals surface area contributed by atoms with Gasteiger partial charge in [0.05, 0.1) is 12.2 Å². The van der Waals surface area contributed by atoms with Gasteiger partial charge in [-0.15, -0.1) is 0 Å². The Morgan fingerprint density at radius 2 is 1.38 bits per heavy atom. The van der Waals surface area contributed by atoms with E-state index in [1.54, 1.807) is 0 Å². The summed E-state index contributed by atoms with van der Waals surface area (Å²) in [5.41, 5.74) is 2.45. The number of carbonyl (C=O) groups is 2. The third-order valence-corrected chi connectivity index (χ3v) is 17.3. The fraction of sp³-hybridized carbons (Fsp3) is 0.842. The molecule has 0 aromatic heterocycles. The topological polar surface area (TPSA) is 89.9 Å². The maximum absolute atomic E-state index is 14.1. The van der Waals surface area contributed by atoms with E-state index >= 15 is 0 Å². The molecule has 6 nitrogen and oxygen atoms in total. The predicted octanol–water partition coefficient (Wildman–Crippen LogP) is 8.92. The molecule has 7 heteroatoms. The molecule has 0 aromatic rings. The van der Waals surface area contributed by atoms with E-state index in [0.717, 1.165) is 69.8 Å². The molecule has 0 aliphatic heterocycles. The summed E-state index contributed by atoms with van der Waals surface area (Å²) >= 11 is 0. The lowest BCUT2D eigenvalue weighted by molar-refractivity contribution is -0.127. The number of hydrogen-bond acceptors (Lipinski definition) is 5. The third kappa shape index (κ3) is 4.61. The minimum absolute atomic E-state index is 0.0160. The van der Waals surface area contributed by atoms with Gasteiger partial charge < -0.3 is 4.89 Å². The molecule has 0 aromatic carbocycles.